The molecule has 0 spiro atoms. The van der Waals surface area contributed by atoms with Gasteiger partial charge in [0, 0.05) is 46.6 Å². The number of nitrogens with one attached hydrogen (secondary N) is 2. The van der Waals surface area contributed by atoms with Crippen molar-refractivity contribution in [2.24, 2.45) is 4.99 Å². The van der Waals surface area contributed by atoms with Crippen LogP contribution in [0.5, 0.6) is 0 Å². The summed E-state index contributed by atoms with van der Waals surface area (Å²) in [5.74, 6) is 13.7. The van der Waals surface area contributed by atoms with Gasteiger partial charge < -0.3 is 5.32 Å². The van der Waals surface area contributed by atoms with E-state index in [9.17, 15) is 0 Å². The van der Waals surface area contributed by atoms with Crippen molar-refractivity contribution < 1.29 is 0 Å². The molecule has 0 unspecified atom stereocenters. The van der Waals surface area contributed by atoms with Crippen LogP contribution in [0.3, 0.4) is 0 Å². The van der Waals surface area contributed by atoms with Crippen LogP contribution in [0.1, 0.15) is 69.3 Å². The van der Waals surface area contributed by atoms with E-state index in [4.69, 9.17) is 22.0 Å². The molecule has 1 aliphatic heterocycles. The fourth-order valence-corrected chi connectivity index (χ4v) is 6.73. The molecule has 0 atom stereocenters. The third kappa shape index (κ3) is 7.39. The third-order valence-electron chi connectivity index (χ3n) is 7.66. The summed E-state index contributed by atoms with van der Waals surface area (Å²) in [6.45, 7) is 13.1. The average Bonchev–Trinajstić information content (AvgIpc) is 3.27. The third-order valence-corrected chi connectivity index (χ3v) is 9.11. The lowest BCUT2D eigenvalue weighted by Gasteiger charge is -2.22. The Kier molecular flexibility index (Phi) is 10.7. The molecule has 0 amide bonds. The lowest BCUT2D eigenvalue weighted by molar-refractivity contribution is 0.814. The van der Waals surface area contributed by atoms with E-state index < -0.39 is 0 Å². The summed E-state index contributed by atoms with van der Waals surface area (Å²) in [5, 5.41) is 13.3. The summed E-state index contributed by atoms with van der Waals surface area (Å²) >= 11 is 7.73. The Balaban J connectivity index is 1.31. The van der Waals surface area contributed by atoms with Crippen LogP contribution in [-0.2, 0) is 13.0 Å². The predicted molar refractivity (Wildman–Crippen MR) is 195 cm³/mol. The van der Waals surface area contributed by atoms with Gasteiger partial charge >= 0.3 is 0 Å². The number of pyridine rings is 1. The van der Waals surface area contributed by atoms with Gasteiger partial charge in [-0.15, -0.1) is 11.3 Å². The Hall–Kier alpha value is -4.72. The van der Waals surface area contributed by atoms with Crippen molar-refractivity contribution in [3.8, 4) is 23.7 Å². The SMILES string of the molecule is C=Cc1cccc(C#CCCCc2ccc(C#Cc3sc4c(c3C)C(c3ccc(Cl)cc3)=NCC(=C)N4C(C)=N)nc2)c1CNC. The van der Waals surface area contributed by atoms with Crippen LogP contribution in [0.2, 0.25) is 5.02 Å². The van der Waals surface area contributed by atoms with Crippen molar-refractivity contribution in [3.05, 3.63) is 134 Å². The molecule has 0 saturated carbocycles. The standard InChI is InChI=1S/C39H36ClN5S/c1-6-30-13-10-14-31(35(30)25-42-5)12-9-7-8-11-29-15-20-34(43-24-29)21-22-36-27(3)37-38(32-16-18-33(40)19-17-32)44-23-26(2)45(28(4)41)39(37)46-36/h6,10,13-20,24,41-42H,1-2,7-8,11,23,25H2,3-5H3. The minimum atomic E-state index is 0.392. The predicted octanol–water partition coefficient (Wildman–Crippen LogP) is 8.41. The molecule has 1 aliphatic rings. The largest absolute Gasteiger partial charge is 0.316 e. The molecule has 0 aliphatic carbocycles. The lowest BCUT2D eigenvalue weighted by atomic mass is 9.99. The number of hydrogen-bond acceptors (Lipinski definition) is 5. The molecule has 0 radical (unpaired) electrons. The zero-order chi connectivity index (χ0) is 32.6. The van der Waals surface area contributed by atoms with Gasteiger partial charge in [0.1, 0.15) is 16.5 Å². The molecule has 2 aromatic carbocycles. The molecule has 5 nitrogen and oxygen atoms in total. The number of nitrogens with zero attached hydrogens (tertiary/aromatic N) is 3. The van der Waals surface area contributed by atoms with Crippen molar-refractivity contribution in [2.75, 3.05) is 18.5 Å². The molecule has 5 rings (SSSR count). The number of aryl methyl sites for hydroxylation is 1. The molecular weight excluding hydrogens is 606 g/mol. The van der Waals surface area contributed by atoms with Crippen LogP contribution in [0, 0.1) is 36.0 Å². The van der Waals surface area contributed by atoms with Gasteiger partial charge in [0.05, 0.1) is 17.1 Å². The molecule has 0 fully saturated rings. The number of halogens is 1. The molecular formula is C39H36ClN5S. The Labute approximate surface area is 281 Å². The maximum absolute atomic E-state index is 8.48. The average molecular weight is 642 g/mol. The fourth-order valence-electron chi connectivity index (χ4n) is 5.34. The van der Waals surface area contributed by atoms with Crippen LogP contribution in [0.25, 0.3) is 6.08 Å². The van der Waals surface area contributed by atoms with Gasteiger partial charge in [-0.25, -0.2) is 4.98 Å². The van der Waals surface area contributed by atoms with E-state index in [1.807, 2.05) is 60.6 Å². The van der Waals surface area contributed by atoms with Gasteiger partial charge in [-0.2, -0.15) is 0 Å². The van der Waals surface area contributed by atoms with Crippen molar-refractivity contribution in [3.63, 3.8) is 0 Å². The van der Waals surface area contributed by atoms with Crippen molar-refractivity contribution in [2.45, 2.75) is 39.7 Å². The smallest absolute Gasteiger partial charge is 0.113 e. The number of fused-ring (bicyclic) bond motifs is 1. The highest BCUT2D eigenvalue weighted by Gasteiger charge is 2.28. The van der Waals surface area contributed by atoms with Crippen molar-refractivity contribution in [1.29, 1.82) is 5.41 Å². The first-order chi connectivity index (χ1) is 22.3. The zero-order valence-corrected chi connectivity index (χ0v) is 28.0. The Morgan fingerprint density at radius 1 is 1.13 bits per heavy atom. The van der Waals surface area contributed by atoms with E-state index in [0.29, 0.717) is 23.1 Å². The highest BCUT2D eigenvalue weighted by molar-refractivity contribution is 7.17. The van der Waals surface area contributed by atoms with Crippen molar-refractivity contribution >= 4 is 45.6 Å². The van der Waals surface area contributed by atoms with Gasteiger partial charge in [-0.05, 0) is 92.1 Å². The van der Waals surface area contributed by atoms with E-state index in [0.717, 1.165) is 80.5 Å². The summed E-state index contributed by atoms with van der Waals surface area (Å²) in [6, 6.07) is 17.9. The van der Waals surface area contributed by atoms with Crippen LogP contribution in [0.15, 0.2) is 84.6 Å². The van der Waals surface area contributed by atoms with Gasteiger partial charge in [0.15, 0.2) is 0 Å². The zero-order valence-electron chi connectivity index (χ0n) is 26.4. The number of rotatable bonds is 7. The molecule has 2 aromatic heterocycles. The number of aliphatic imine (C=N–C) groups is 1. The first-order valence-corrected chi connectivity index (χ1v) is 16.3. The van der Waals surface area contributed by atoms with E-state index in [2.05, 4.69) is 72.3 Å². The molecule has 3 heterocycles. The molecule has 0 bridgehead atoms. The second kappa shape index (κ2) is 15.0. The summed E-state index contributed by atoms with van der Waals surface area (Å²) < 4.78 is 0. The fraction of sp³-hybridized carbons (Fsp3) is 0.205. The number of aromatic nitrogens is 1. The van der Waals surface area contributed by atoms with Gasteiger partial charge in [0.25, 0.3) is 0 Å². The first kappa shape index (κ1) is 32.7. The quantitative estimate of drug-likeness (QED) is 0.0922. The monoisotopic (exact) mass is 641 g/mol. The van der Waals surface area contributed by atoms with Gasteiger partial charge in [-0.1, -0.05) is 73.0 Å². The van der Waals surface area contributed by atoms with E-state index in [1.54, 1.807) is 18.3 Å². The Morgan fingerprint density at radius 3 is 2.63 bits per heavy atom. The number of amidine groups is 1. The maximum atomic E-state index is 8.48. The minimum absolute atomic E-state index is 0.392. The number of unbranched alkanes of at least 4 members (excludes halogenated alkanes) is 1. The van der Waals surface area contributed by atoms with Crippen molar-refractivity contribution in [1.82, 2.24) is 10.3 Å². The number of benzene rings is 2. The summed E-state index contributed by atoms with van der Waals surface area (Å²) in [4.78, 5) is 12.3. The Morgan fingerprint density at radius 2 is 1.93 bits per heavy atom. The number of hydrogen-bond donors (Lipinski definition) is 2. The summed E-state index contributed by atoms with van der Waals surface area (Å²) in [7, 11) is 1.94. The second-order valence-corrected chi connectivity index (χ2v) is 12.4. The first-order valence-electron chi connectivity index (χ1n) is 15.1. The molecule has 7 heteroatoms. The van der Waals surface area contributed by atoms with Crippen LogP contribution in [-0.4, -0.2) is 30.1 Å². The van der Waals surface area contributed by atoms with Crippen LogP contribution >= 0.6 is 22.9 Å². The van der Waals surface area contributed by atoms with Crippen LogP contribution < -0.4 is 10.2 Å². The lowest BCUT2D eigenvalue weighted by Crippen LogP contribution is -2.27. The molecule has 2 N–H and O–H groups in total. The second-order valence-electron chi connectivity index (χ2n) is 11.0. The molecule has 0 saturated heterocycles. The minimum Gasteiger partial charge on any atom is -0.316 e. The normalized spacial score (nSPS) is 12.2. The number of thiophene rings is 1. The summed E-state index contributed by atoms with van der Waals surface area (Å²) in [5.41, 5.74) is 9.79. The highest BCUT2D eigenvalue weighted by atomic mass is 35.5. The van der Waals surface area contributed by atoms with Crippen LogP contribution in [0.4, 0.5) is 5.00 Å². The van der Waals surface area contributed by atoms with Gasteiger partial charge in [-0.3, -0.25) is 15.3 Å². The number of anilines is 1. The van der Waals surface area contributed by atoms with E-state index >= 15 is 0 Å². The Bertz CT molecular complexity index is 1940. The van der Waals surface area contributed by atoms with E-state index in [1.165, 1.54) is 5.56 Å². The molecule has 230 valence electrons. The highest BCUT2D eigenvalue weighted by Crippen LogP contribution is 2.40. The molecule has 46 heavy (non-hydrogen) atoms. The maximum Gasteiger partial charge on any atom is 0.113 e. The van der Waals surface area contributed by atoms with E-state index in [-0.39, 0.29) is 0 Å². The van der Waals surface area contributed by atoms with Gasteiger partial charge in [0.2, 0.25) is 0 Å². The topological polar surface area (TPSA) is 64.4 Å². The summed E-state index contributed by atoms with van der Waals surface area (Å²) in [6.07, 6.45) is 6.45. The molecule has 4 aromatic rings.